The van der Waals surface area contributed by atoms with E-state index in [4.69, 9.17) is 9.53 Å². The van der Waals surface area contributed by atoms with Crippen LogP contribution in [0, 0.1) is 5.92 Å². The van der Waals surface area contributed by atoms with Gasteiger partial charge in [-0.2, -0.15) is 0 Å². The summed E-state index contributed by atoms with van der Waals surface area (Å²) in [5.41, 5.74) is 0. The Labute approximate surface area is 142 Å². The summed E-state index contributed by atoms with van der Waals surface area (Å²) in [4.78, 5) is 11.6. The van der Waals surface area contributed by atoms with E-state index in [1.54, 1.807) is 7.05 Å². The summed E-state index contributed by atoms with van der Waals surface area (Å²) >= 11 is 0. The van der Waals surface area contributed by atoms with Crippen molar-refractivity contribution in [2.24, 2.45) is 5.92 Å². The quantitative estimate of drug-likeness (QED) is 0.814. The summed E-state index contributed by atoms with van der Waals surface area (Å²) in [7, 11) is 1.56. The highest BCUT2D eigenvalue weighted by Crippen LogP contribution is 2.19. The van der Waals surface area contributed by atoms with Gasteiger partial charge in [0.05, 0.1) is 0 Å². The van der Waals surface area contributed by atoms with Crippen molar-refractivity contribution >= 4 is 6.41 Å². The minimum atomic E-state index is 0.625. The molecule has 0 bridgehead atoms. The molecule has 0 saturated carbocycles. The summed E-state index contributed by atoms with van der Waals surface area (Å²) in [6, 6.07) is 10.1. The smallest absolute Gasteiger partial charge is 0.206 e. The van der Waals surface area contributed by atoms with Gasteiger partial charge in [-0.25, -0.2) is 0 Å². The second kappa shape index (κ2) is 15.3. The number of benzene rings is 1. The van der Waals surface area contributed by atoms with Crippen LogP contribution in [0.25, 0.3) is 0 Å². The average molecular weight is 322 g/mol. The van der Waals surface area contributed by atoms with Crippen LogP contribution in [-0.2, 0) is 4.79 Å². The minimum Gasteiger partial charge on any atom is -0.492 e. The van der Waals surface area contributed by atoms with Crippen LogP contribution in [0.4, 0.5) is 0 Å². The number of carbonyl (C=O) groups is 1. The molecule has 1 amide bonds. The first kappa shape index (κ1) is 21.4. The van der Waals surface area contributed by atoms with E-state index < -0.39 is 0 Å². The number of likely N-dealkylation sites (tertiary alicyclic amines) is 1. The van der Waals surface area contributed by atoms with Gasteiger partial charge < -0.3 is 10.1 Å². The standard InChI is InChI=1S/C15H23NO.C2H5NO.C2H6/c1-2-14-8-10-16(11-9-14)12-13-17-15-6-4-3-5-7-15;1-3-2-4;1-2/h3-7,14H,2,8-13H2,1H3;2H,1H3,(H,3,4);1-2H3. The number of amides is 1. The second-order valence-electron chi connectivity index (χ2n) is 5.26. The fraction of sp³-hybridized carbons (Fsp3) is 0.632. The molecule has 0 atom stereocenters. The Hall–Kier alpha value is -1.55. The van der Waals surface area contributed by atoms with Crippen LogP contribution in [-0.4, -0.2) is 44.6 Å². The first-order chi connectivity index (χ1) is 11.3. The van der Waals surface area contributed by atoms with Gasteiger partial charge in [0.25, 0.3) is 0 Å². The summed E-state index contributed by atoms with van der Waals surface area (Å²) in [6.07, 6.45) is 4.69. The lowest BCUT2D eigenvalue weighted by atomic mass is 9.94. The highest BCUT2D eigenvalue weighted by atomic mass is 16.5. The van der Waals surface area contributed by atoms with Crippen molar-refractivity contribution in [2.75, 3.05) is 33.3 Å². The molecule has 23 heavy (non-hydrogen) atoms. The SMILES string of the molecule is CC.CCC1CCN(CCOc2ccccc2)CC1.CNC=O. The van der Waals surface area contributed by atoms with Crippen LogP contribution in [0.3, 0.4) is 0 Å². The Morgan fingerprint density at radius 3 is 2.26 bits per heavy atom. The summed E-state index contributed by atoms with van der Waals surface area (Å²) in [5, 5.41) is 2.25. The van der Waals surface area contributed by atoms with Crippen LogP contribution in [0.1, 0.15) is 40.0 Å². The van der Waals surface area contributed by atoms with Gasteiger partial charge in [0.1, 0.15) is 12.4 Å². The Balaban J connectivity index is 0.000000705. The molecule has 1 N–H and O–H groups in total. The maximum absolute atomic E-state index is 9.06. The Bertz CT molecular complexity index is 363. The average Bonchev–Trinajstić information content (AvgIpc) is 2.65. The number of carbonyl (C=O) groups excluding carboxylic acids is 1. The zero-order valence-corrected chi connectivity index (χ0v) is 15.3. The molecule has 1 fully saturated rings. The van der Waals surface area contributed by atoms with E-state index in [1.165, 1.54) is 32.4 Å². The molecule has 1 aromatic rings. The molecule has 1 aromatic carbocycles. The van der Waals surface area contributed by atoms with Crippen molar-refractivity contribution in [3.63, 3.8) is 0 Å². The number of hydrogen-bond acceptors (Lipinski definition) is 3. The zero-order valence-electron chi connectivity index (χ0n) is 15.3. The number of para-hydroxylation sites is 1. The Morgan fingerprint density at radius 1 is 1.22 bits per heavy atom. The van der Waals surface area contributed by atoms with E-state index in [0.29, 0.717) is 6.41 Å². The number of ether oxygens (including phenoxy) is 1. The van der Waals surface area contributed by atoms with Gasteiger partial charge >= 0.3 is 0 Å². The molecule has 4 heteroatoms. The van der Waals surface area contributed by atoms with Gasteiger partial charge in [0, 0.05) is 13.6 Å². The predicted octanol–water partition coefficient (Wildman–Crippen LogP) is 3.58. The van der Waals surface area contributed by atoms with Gasteiger partial charge in [-0.3, -0.25) is 9.69 Å². The van der Waals surface area contributed by atoms with Gasteiger partial charge in [-0.05, 0) is 44.0 Å². The highest BCUT2D eigenvalue weighted by molar-refractivity contribution is 5.44. The number of nitrogens with zero attached hydrogens (tertiary/aromatic N) is 1. The number of piperidine rings is 1. The monoisotopic (exact) mass is 322 g/mol. The lowest BCUT2D eigenvalue weighted by Gasteiger charge is -2.31. The van der Waals surface area contributed by atoms with Crippen molar-refractivity contribution in [2.45, 2.75) is 40.0 Å². The summed E-state index contributed by atoms with van der Waals surface area (Å²) in [6.45, 7) is 10.7. The third kappa shape index (κ3) is 10.7. The molecule has 1 aliphatic heterocycles. The number of hydrogen-bond donors (Lipinski definition) is 1. The zero-order chi connectivity index (χ0) is 17.3. The molecule has 132 valence electrons. The first-order valence-corrected chi connectivity index (χ1v) is 8.81. The van der Waals surface area contributed by atoms with E-state index >= 15 is 0 Å². The lowest BCUT2D eigenvalue weighted by Crippen LogP contribution is -2.36. The second-order valence-corrected chi connectivity index (χ2v) is 5.26. The van der Waals surface area contributed by atoms with Gasteiger partial charge in [0.15, 0.2) is 0 Å². The number of nitrogens with one attached hydrogen (secondary N) is 1. The molecule has 4 nitrogen and oxygen atoms in total. The predicted molar refractivity (Wildman–Crippen MR) is 97.9 cm³/mol. The molecule has 0 aliphatic carbocycles. The number of rotatable bonds is 6. The fourth-order valence-corrected chi connectivity index (χ4v) is 2.43. The van der Waals surface area contributed by atoms with E-state index in [-0.39, 0.29) is 0 Å². The van der Waals surface area contributed by atoms with Crippen LogP contribution in [0.15, 0.2) is 30.3 Å². The molecule has 1 aliphatic rings. The molecule has 0 spiro atoms. The van der Waals surface area contributed by atoms with Crippen LogP contribution in [0.2, 0.25) is 0 Å². The fourth-order valence-electron chi connectivity index (χ4n) is 2.43. The van der Waals surface area contributed by atoms with Gasteiger partial charge in [-0.1, -0.05) is 45.4 Å². The molecule has 1 saturated heterocycles. The highest BCUT2D eigenvalue weighted by Gasteiger charge is 2.17. The largest absolute Gasteiger partial charge is 0.492 e. The summed E-state index contributed by atoms with van der Waals surface area (Å²) < 4.78 is 5.72. The van der Waals surface area contributed by atoms with Gasteiger partial charge in [0.2, 0.25) is 6.41 Å². The Kier molecular flexibility index (Phi) is 14.3. The van der Waals surface area contributed by atoms with E-state index in [9.17, 15) is 0 Å². The van der Waals surface area contributed by atoms with Crippen LogP contribution < -0.4 is 10.1 Å². The van der Waals surface area contributed by atoms with Crippen molar-refractivity contribution in [1.29, 1.82) is 0 Å². The topological polar surface area (TPSA) is 41.6 Å². The van der Waals surface area contributed by atoms with E-state index in [2.05, 4.69) is 17.1 Å². The summed E-state index contributed by atoms with van der Waals surface area (Å²) in [5.74, 6) is 1.94. The minimum absolute atomic E-state index is 0.625. The molecule has 0 unspecified atom stereocenters. The molecule has 2 rings (SSSR count). The molecule has 0 aromatic heterocycles. The molecular weight excluding hydrogens is 288 g/mol. The third-order valence-electron chi connectivity index (χ3n) is 3.82. The normalized spacial score (nSPS) is 14.6. The van der Waals surface area contributed by atoms with Gasteiger partial charge in [-0.15, -0.1) is 0 Å². The lowest BCUT2D eigenvalue weighted by molar-refractivity contribution is -0.109. The third-order valence-corrected chi connectivity index (χ3v) is 3.82. The van der Waals surface area contributed by atoms with Crippen molar-refractivity contribution in [3.8, 4) is 5.75 Å². The van der Waals surface area contributed by atoms with Crippen molar-refractivity contribution in [3.05, 3.63) is 30.3 Å². The van der Waals surface area contributed by atoms with Crippen LogP contribution >= 0.6 is 0 Å². The van der Waals surface area contributed by atoms with Crippen molar-refractivity contribution < 1.29 is 9.53 Å². The Morgan fingerprint density at radius 2 is 1.78 bits per heavy atom. The van der Waals surface area contributed by atoms with E-state index in [0.717, 1.165) is 24.8 Å². The van der Waals surface area contributed by atoms with Crippen LogP contribution in [0.5, 0.6) is 5.75 Å². The molecular formula is C19H34N2O2. The maximum atomic E-state index is 9.06. The maximum Gasteiger partial charge on any atom is 0.206 e. The van der Waals surface area contributed by atoms with Crippen molar-refractivity contribution in [1.82, 2.24) is 10.2 Å². The molecule has 1 heterocycles. The molecule has 0 radical (unpaired) electrons. The van der Waals surface area contributed by atoms with E-state index in [1.807, 2.05) is 44.2 Å². The first-order valence-electron chi connectivity index (χ1n) is 8.81.